The molecule has 7 atom stereocenters. The van der Waals surface area contributed by atoms with Crippen molar-refractivity contribution in [2.24, 2.45) is 28.1 Å². The van der Waals surface area contributed by atoms with Crippen LogP contribution in [0.2, 0.25) is 0 Å². The first-order valence-corrected chi connectivity index (χ1v) is 10.3. The van der Waals surface area contributed by atoms with Crippen molar-refractivity contribution in [1.82, 2.24) is 0 Å². The number of hydrogen-bond acceptors (Lipinski definition) is 5. The van der Waals surface area contributed by atoms with Gasteiger partial charge in [-0.15, -0.1) is 0 Å². The Morgan fingerprint density at radius 1 is 1.30 bits per heavy atom. The molecule has 5 heteroatoms. The molecule has 1 spiro atoms. The lowest BCUT2D eigenvalue weighted by Crippen LogP contribution is -2.64. The summed E-state index contributed by atoms with van der Waals surface area (Å²) >= 11 is 0. The summed E-state index contributed by atoms with van der Waals surface area (Å²) in [5.74, 6) is -0.263. The summed E-state index contributed by atoms with van der Waals surface area (Å²) in [4.78, 5) is 25.3. The summed E-state index contributed by atoms with van der Waals surface area (Å²) < 4.78 is 5.76. The van der Waals surface area contributed by atoms with Crippen molar-refractivity contribution in [3.05, 3.63) is 12.2 Å². The zero-order valence-corrected chi connectivity index (χ0v) is 16.7. The van der Waals surface area contributed by atoms with E-state index in [-0.39, 0.29) is 47.4 Å². The SMILES string of the molecule is C=C1C(=O)[C@@]23CC[C@@H]4[C@](C)(CO)CCC[C@@]4(C)[C@@H]2C(OC(C)=O)C[C@]1(O)C3. The molecule has 1 unspecified atom stereocenters. The topological polar surface area (TPSA) is 83.8 Å². The molecule has 0 radical (unpaired) electrons. The molecule has 4 rings (SSSR count). The Bertz CT molecular complexity index is 715. The van der Waals surface area contributed by atoms with E-state index in [2.05, 4.69) is 20.4 Å². The Balaban J connectivity index is 1.86. The third-order valence-corrected chi connectivity index (χ3v) is 8.77. The lowest BCUT2D eigenvalue weighted by Gasteiger charge is -2.64. The first-order valence-electron chi connectivity index (χ1n) is 10.3. The van der Waals surface area contributed by atoms with Gasteiger partial charge in [0, 0.05) is 36.9 Å². The minimum Gasteiger partial charge on any atom is -0.462 e. The lowest BCUT2D eigenvalue weighted by atomic mass is 9.40. The summed E-state index contributed by atoms with van der Waals surface area (Å²) in [7, 11) is 0. The van der Waals surface area contributed by atoms with E-state index in [1.807, 2.05) is 0 Å². The second-order valence-electron chi connectivity index (χ2n) is 10.3. The van der Waals surface area contributed by atoms with Crippen LogP contribution in [-0.2, 0) is 14.3 Å². The molecule has 4 fully saturated rings. The number of fused-ring (bicyclic) bond motifs is 3. The Morgan fingerprint density at radius 3 is 2.63 bits per heavy atom. The van der Waals surface area contributed by atoms with Crippen LogP contribution in [-0.4, -0.2) is 40.3 Å². The molecule has 0 aromatic heterocycles. The number of rotatable bonds is 2. The van der Waals surface area contributed by atoms with E-state index in [4.69, 9.17) is 4.74 Å². The van der Waals surface area contributed by atoms with E-state index < -0.39 is 17.1 Å². The van der Waals surface area contributed by atoms with Gasteiger partial charge < -0.3 is 14.9 Å². The zero-order valence-electron chi connectivity index (χ0n) is 16.7. The summed E-state index contributed by atoms with van der Waals surface area (Å²) in [6, 6.07) is 0. The van der Waals surface area contributed by atoms with Crippen LogP contribution in [0.25, 0.3) is 0 Å². The van der Waals surface area contributed by atoms with E-state index >= 15 is 0 Å². The smallest absolute Gasteiger partial charge is 0.302 e. The fraction of sp³-hybridized carbons (Fsp3) is 0.818. The van der Waals surface area contributed by atoms with Gasteiger partial charge in [-0.25, -0.2) is 0 Å². The maximum atomic E-state index is 13.4. The Kier molecular flexibility index (Phi) is 4.01. The molecule has 150 valence electrons. The first-order chi connectivity index (χ1) is 12.5. The molecule has 2 N–H and O–H groups in total. The molecule has 4 aliphatic carbocycles. The molecule has 2 bridgehead atoms. The quantitative estimate of drug-likeness (QED) is 0.572. The molecule has 0 aromatic carbocycles. The van der Waals surface area contributed by atoms with Crippen molar-refractivity contribution in [2.45, 2.75) is 77.4 Å². The number of aliphatic hydroxyl groups excluding tert-OH is 1. The highest BCUT2D eigenvalue weighted by molar-refractivity contribution is 6.05. The fourth-order valence-electron chi connectivity index (χ4n) is 7.87. The zero-order chi connectivity index (χ0) is 19.8. The minimum atomic E-state index is -1.26. The van der Waals surface area contributed by atoms with Crippen molar-refractivity contribution in [3.63, 3.8) is 0 Å². The number of hydrogen-bond donors (Lipinski definition) is 2. The molecule has 0 aliphatic heterocycles. The monoisotopic (exact) mass is 376 g/mol. The van der Waals surface area contributed by atoms with Crippen molar-refractivity contribution in [1.29, 1.82) is 0 Å². The van der Waals surface area contributed by atoms with Crippen LogP contribution in [0.1, 0.15) is 65.7 Å². The predicted molar refractivity (Wildman–Crippen MR) is 99.7 cm³/mol. The number of carbonyl (C=O) groups excluding carboxylic acids is 2. The molecule has 5 nitrogen and oxygen atoms in total. The molecule has 0 aromatic rings. The summed E-state index contributed by atoms with van der Waals surface area (Å²) in [6.45, 7) is 9.85. The first kappa shape index (κ1) is 19.1. The Morgan fingerprint density at radius 2 is 2.00 bits per heavy atom. The minimum absolute atomic E-state index is 0.0272. The molecule has 0 heterocycles. The van der Waals surface area contributed by atoms with Crippen molar-refractivity contribution in [3.8, 4) is 0 Å². The van der Waals surface area contributed by atoms with E-state index in [1.165, 1.54) is 6.92 Å². The van der Waals surface area contributed by atoms with Gasteiger partial charge in [-0.1, -0.05) is 26.8 Å². The van der Waals surface area contributed by atoms with Crippen LogP contribution in [0.15, 0.2) is 12.2 Å². The number of ether oxygens (including phenoxy) is 1. The van der Waals surface area contributed by atoms with Crippen LogP contribution in [0.3, 0.4) is 0 Å². The predicted octanol–water partition coefficient (Wildman–Crippen LogP) is 2.78. The summed E-state index contributed by atoms with van der Waals surface area (Å²) in [6.07, 6.45) is 4.61. The van der Waals surface area contributed by atoms with Crippen LogP contribution in [0.4, 0.5) is 0 Å². The standard InChI is InChI=1S/C22H32O5/c1-13-18(25)21-9-6-16-19(3,12-23)7-5-8-20(16,4)17(21)15(27-14(2)24)10-22(13,26)11-21/h15-17,23,26H,1,5-12H2,2-4H3/t15?,16-,17+,19+,20-,21-,22+/m1/s1. The maximum absolute atomic E-state index is 13.4. The van der Waals surface area contributed by atoms with Crippen molar-refractivity contribution >= 4 is 11.8 Å². The van der Waals surface area contributed by atoms with Crippen LogP contribution in [0.5, 0.6) is 0 Å². The van der Waals surface area contributed by atoms with Gasteiger partial charge >= 0.3 is 5.97 Å². The Hall–Kier alpha value is -1.20. The molecule has 27 heavy (non-hydrogen) atoms. The largest absolute Gasteiger partial charge is 0.462 e. The summed E-state index contributed by atoms with van der Waals surface area (Å²) in [5.41, 5.74) is -2.04. The average molecular weight is 376 g/mol. The maximum Gasteiger partial charge on any atom is 0.302 e. The second kappa shape index (κ2) is 5.66. The number of esters is 1. The Labute approximate surface area is 161 Å². The van der Waals surface area contributed by atoms with Crippen LogP contribution in [0, 0.1) is 28.1 Å². The van der Waals surface area contributed by atoms with Crippen LogP contribution >= 0.6 is 0 Å². The van der Waals surface area contributed by atoms with E-state index in [9.17, 15) is 19.8 Å². The molecule has 0 amide bonds. The van der Waals surface area contributed by atoms with E-state index in [1.54, 1.807) is 0 Å². The van der Waals surface area contributed by atoms with Gasteiger partial charge in [-0.05, 0) is 48.9 Å². The number of ketones is 1. The van der Waals surface area contributed by atoms with Gasteiger partial charge in [0.1, 0.15) is 6.10 Å². The summed E-state index contributed by atoms with van der Waals surface area (Å²) in [5, 5.41) is 21.3. The van der Waals surface area contributed by atoms with Crippen molar-refractivity contribution < 1.29 is 24.5 Å². The number of carbonyl (C=O) groups is 2. The molecule has 4 saturated carbocycles. The third kappa shape index (κ3) is 2.30. The normalized spacial score (nSPS) is 51.5. The molecule has 4 aliphatic rings. The number of Topliss-reactive ketones (excluding diaryl/α,β-unsaturated/α-hetero) is 1. The molecule has 0 saturated heterocycles. The van der Waals surface area contributed by atoms with Crippen molar-refractivity contribution in [2.75, 3.05) is 6.61 Å². The highest BCUT2D eigenvalue weighted by Gasteiger charge is 2.73. The van der Waals surface area contributed by atoms with E-state index in [0.29, 0.717) is 18.4 Å². The number of aliphatic hydroxyl groups is 2. The van der Waals surface area contributed by atoms with Gasteiger partial charge in [0.25, 0.3) is 0 Å². The molecular formula is C22H32O5. The van der Waals surface area contributed by atoms with Gasteiger partial charge in [0.15, 0.2) is 5.78 Å². The van der Waals surface area contributed by atoms with Gasteiger partial charge in [0.2, 0.25) is 0 Å². The molecular weight excluding hydrogens is 344 g/mol. The lowest BCUT2D eigenvalue weighted by molar-refractivity contribution is -0.217. The van der Waals surface area contributed by atoms with Gasteiger partial charge in [-0.3, -0.25) is 9.59 Å². The third-order valence-electron chi connectivity index (χ3n) is 8.77. The highest BCUT2D eigenvalue weighted by Crippen LogP contribution is 2.72. The average Bonchev–Trinajstić information content (AvgIpc) is 2.71. The second-order valence-corrected chi connectivity index (χ2v) is 10.3. The highest BCUT2D eigenvalue weighted by atomic mass is 16.5. The van der Waals surface area contributed by atoms with Gasteiger partial charge in [-0.2, -0.15) is 0 Å². The van der Waals surface area contributed by atoms with E-state index in [0.717, 1.165) is 25.7 Å². The van der Waals surface area contributed by atoms with Gasteiger partial charge in [0.05, 0.1) is 5.60 Å². The fourth-order valence-corrected chi connectivity index (χ4v) is 7.87. The van der Waals surface area contributed by atoms with Crippen LogP contribution < -0.4 is 0 Å².